The highest BCUT2D eigenvalue weighted by atomic mass is 19.2. The van der Waals surface area contributed by atoms with Gasteiger partial charge in [0.1, 0.15) is 12.4 Å². The number of hydrogen-bond acceptors (Lipinski definition) is 3. The van der Waals surface area contributed by atoms with Gasteiger partial charge in [0, 0.05) is 0 Å². The van der Waals surface area contributed by atoms with E-state index in [-0.39, 0.29) is 23.0 Å². The summed E-state index contributed by atoms with van der Waals surface area (Å²) < 4.78 is 25.1. The molecule has 0 saturated heterocycles. The van der Waals surface area contributed by atoms with E-state index in [1.807, 2.05) is 0 Å². The van der Waals surface area contributed by atoms with Crippen LogP contribution in [-0.2, 0) is 16.0 Å². The largest absolute Gasteiger partial charge is 0.481 e. The monoisotopic (exact) mass is 323 g/mol. The number of para-hydroxylation sites is 1. The Morgan fingerprint density at radius 2 is 1.48 bits per heavy atom. The third kappa shape index (κ3) is 7.56. The number of benzene rings is 2. The molecule has 0 saturated carbocycles. The van der Waals surface area contributed by atoms with E-state index in [2.05, 4.69) is 0 Å². The van der Waals surface area contributed by atoms with Crippen LogP contribution in [0.2, 0.25) is 0 Å². The molecule has 0 atom stereocenters. The third-order valence-electron chi connectivity index (χ3n) is 2.58. The SMILES string of the molecule is O=C(O)CN(F)c1ccccc1.O=C(O)Cc1ccc(F)cc1. The molecule has 7 heteroatoms. The first-order valence-electron chi connectivity index (χ1n) is 6.55. The predicted molar refractivity (Wildman–Crippen MR) is 80.3 cm³/mol. The minimum atomic E-state index is -1.19. The molecule has 0 bridgehead atoms. The summed E-state index contributed by atoms with van der Waals surface area (Å²) in [6.45, 7) is -0.635. The number of carboxylic acids is 2. The van der Waals surface area contributed by atoms with Crippen LogP contribution in [0.5, 0.6) is 0 Å². The maximum absolute atomic E-state index is 12.8. The average Bonchev–Trinajstić information content (AvgIpc) is 2.50. The number of hydrogen-bond donors (Lipinski definition) is 2. The van der Waals surface area contributed by atoms with Crippen LogP contribution in [0.15, 0.2) is 54.6 Å². The normalized spacial score (nSPS) is 9.48. The fraction of sp³-hybridized carbons (Fsp3) is 0.125. The number of rotatable bonds is 5. The van der Waals surface area contributed by atoms with Crippen molar-refractivity contribution in [2.45, 2.75) is 6.42 Å². The number of carboxylic acid groups (broad SMARTS) is 2. The highest BCUT2D eigenvalue weighted by molar-refractivity contribution is 5.72. The summed E-state index contributed by atoms with van der Waals surface area (Å²) in [6, 6.07) is 13.4. The van der Waals surface area contributed by atoms with Gasteiger partial charge in [-0.3, -0.25) is 9.59 Å². The van der Waals surface area contributed by atoms with Crippen molar-refractivity contribution in [1.82, 2.24) is 0 Å². The number of aliphatic carboxylic acids is 2. The lowest BCUT2D eigenvalue weighted by atomic mass is 10.1. The van der Waals surface area contributed by atoms with Crippen molar-refractivity contribution in [3.63, 3.8) is 0 Å². The van der Waals surface area contributed by atoms with Crippen molar-refractivity contribution >= 4 is 17.6 Å². The summed E-state index contributed by atoms with van der Waals surface area (Å²) >= 11 is 0. The first kappa shape index (κ1) is 18.1. The molecule has 0 spiro atoms. The molecule has 2 aromatic rings. The lowest BCUT2D eigenvalue weighted by Crippen LogP contribution is -2.20. The maximum Gasteiger partial charge on any atom is 0.326 e. The minimum Gasteiger partial charge on any atom is -0.481 e. The summed E-state index contributed by atoms with van der Waals surface area (Å²) in [6.07, 6.45) is -0.0553. The Hall–Kier alpha value is -2.96. The Labute approximate surface area is 131 Å². The maximum atomic E-state index is 12.8. The highest BCUT2D eigenvalue weighted by Gasteiger charge is 2.07. The van der Waals surface area contributed by atoms with Gasteiger partial charge in [-0.25, -0.2) is 9.51 Å². The molecular weight excluding hydrogens is 308 g/mol. The lowest BCUT2D eigenvalue weighted by Gasteiger charge is -2.09. The van der Waals surface area contributed by atoms with Gasteiger partial charge >= 0.3 is 11.9 Å². The Morgan fingerprint density at radius 1 is 0.913 bits per heavy atom. The van der Waals surface area contributed by atoms with E-state index < -0.39 is 18.5 Å². The van der Waals surface area contributed by atoms with Crippen LogP contribution < -0.4 is 5.12 Å². The fourth-order valence-electron chi connectivity index (χ4n) is 1.58. The zero-order chi connectivity index (χ0) is 17.2. The van der Waals surface area contributed by atoms with E-state index in [0.29, 0.717) is 5.56 Å². The molecule has 0 aromatic heterocycles. The van der Waals surface area contributed by atoms with Crippen molar-refractivity contribution in [1.29, 1.82) is 0 Å². The zero-order valence-electron chi connectivity index (χ0n) is 12.0. The lowest BCUT2D eigenvalue weighted by molar-refractivity contribution is -0.137. The third-order valence-corrected chi connectivity index (χ3v) is 2.58. The number of halogens is 2. The van der Waals surface area contributed by atoms with Gasteiger partial charge in [-0.2, -0.15) is 0 Å². The molecule has 0 aliphatic rings. The highest BCUT2D eigenvalue weighted by Crippen LogP contribution is 2.12. The predicted octanol–water partition coefficient (Wildman–Crippen LogP) is 2.91. The first-order valence-corrected chi connectivity index (χ1v) is 6.55. The molecule has 0 aliphatic carbocycles. The summed E-state index contributed by atoms with van der Waals surface area (Å²) in [4.78, 5) is 20.3. The smallest absolute Gasteiger partial charge is 0.326 e. The quantitative estimate of drug-likeness (QED) is 0.827. The fourth-order valence-corrected chi connectivity index (χ4v) is 1.58. The van der Waals surface area contributed by atoms with Gasteiger partial charge in [-0.1, -0.05) is 34.8 Å². The van der Waals surface area contributed by atoms with Crippen molar-refractivity contribution in [3.05, 3.63) is 66.0 Å². The minimum absolute atomic E-state index is 0.0553. The summed E-state index contributed by atoms with van der Waals surface area (Å²) in [7, 11) is 0. The van der Waals surface area contributed by atoms with Gasteiger partial charge in [-0.05, 0) is 29.8 Å². The van der Waals surface area contributed by atoms with Crippen LogP contribution >= 0.6 is 0 Å². The second-order valence-corrected chi connectivity index (χ2v) is 4.45. The molecular formula is C16H15F2NO4. The van der Waals surface area contributed by atoms with Gasteiger partial charge in [0.05, 0.1) is 12.1 Å². The number of anilines is 1. The molecule has 5 nitrogen and oxygen atoms in total. The van der Waals surface area contributed by atoms with Crippen molar-refractivity contribution < 1.29 is 28.7 Å². The number of carbonyl (C=O) groups is 2. The molecule has 2 rings (SSSR count). The van der Waals surface area contributed by atoms with Gasteiger partial charge < -0.3 is 10.2 Å². The Bertz CT molecular complexity index is 632. The van der Waals surface area contributed by atoms with Crippen LogP contribution in [0.1, 0.15) is 5.56 Å². The van der Waals surface area contributed by atoms with Crippen LogP contribution in [0.4, 0.5) is 14.6 Å². The summed E-state index contributed by atoms with van der Waals surface area (Å²) in [5.41, 5.74) is 0.860. The van der Waals surface area contributed by atoms with Crippen molar-refractivity contribution in [2.24, 2.45) is 0 Å². The van der Waals surface area contributed by atoms with E-state index >= 15 is 0 Å². The molecule has 0 heterocycles. The molecule has 0 radical (unpaired) electrons. The molecule has 23 heavy (non-hydrogen) atoms. The van der Waals surface area contributed by atoms with Gasteiger partial charge in [0.15, 0.2) is 0 Å². The van der Waals surface area contributed by atoms with Gasteiger partial charge in [0.2, 0.25) is 0 Å². The van der Waals surface area contributed by atoms with Crippen molar-refractivity contribution in [3.8, 4) is 0 Å². The topological polar surface area (TPSA) is 77.8 Å². The van der Waals surface area contributed by atoms with Crippen LogP contribution in [0, 0.1) is 5.82 Å². The molecule has 0 fully saturated rings. The second-order valence-electron chi connectivity index (χ2n) is 4.45. The summed E-state index contributed by atoms with van der Waals surface area (Å²) in [5.74, 6) is -2.45. The Balaban J connectivity index is 0.000000231. The molecule has 0 amide bonds. The standard InChI is InChI=1S/C8H8FNO2.C8H7FO2/c9-10(6-8(11)12)7-4-2-1-3-5-7;9-7-3-1-6(2-4-7)5-8(10)11/h1-5H,6H2,(H,11,12);1-4H,5H2,(H,10,11). The molecule has 2 N–H and O–H groups in total. The molecule has 0 unspecified atom stereocenters. The molecule has 0 aliphatic heterocycles. The Kier molecular flexibility index (Phi) is 7.19. The Morgan fingerprint density at radius 3 is 1.96 bits per heavy atom. The van der Waals surface area contributed by atoms with Gasteiger partial charge in [0.25, 0.3) is 0 Å². The average molecular weight is 323 g/mol. The molecule has 122 valence electrons. The van der Waals surface area contributed by atoms with Crippen molar-refractivity contribution in [2.75, 3.05) is 11.7 Å². The summed E-state index contributed by atoms with van der Waals surface area (Å²) in [5, 5.41) is 16.8. The van der Waals surface area contributed by atoms with Gasteiger partial charge in [-0.15, -0.1) is 0 Å². The van der Waals surface area contributed by atoms with E-state index in [1.54, 1.807) is 18.2 Å². The van der Waals surface area contributed by atoms with E-state index in [4.69, 9.17) is 10.2 Å². The number of nitrogens with zero attached hydrogens (tertiary/aromatic N) is 1. The first-order chi connectivity index (χ1) is 10.9. The molecule has 2 aromatic carbocycles. The van der Waals surface area contributed by atoms with E-state index in [1.165, 1.54) is 36.4 Å². The van der Waals surface area contributed by atoms with Crippen LogP contribution in [-0.4, -0.2) is 28.7 Å². The second kappa shape index (κ2) is 9.14. The van der Waals surface area contributed by atoms with E-state index in [9.17, 15) is 18.5 Å². The van der Waals surface area contributed by atoms with Crippen LogP contribution in [0.25, 0.3) is 0 Å². The van der Waals surface area contributed by atoms with E-state index in [0.717, 1.165) is 0 Å². The zero-order valence-corrected chi connectivity index (χ0v) is 12.0. The van der Waals surface area contributed by atoms with Crippen LogP contribution in [0.3, 0.4) is 0 Å².